The number of aromatic nitrogens is 5. The highest BCUT2D eigenvalue weighted by Gasteiger charge is 2.34. The van der Waals surface area contributed by atoms with Gasteiger partial charge in [0.1, 0.15) is 12.7 Å². The molecule has 0 aliphatic rings. The molecule has 0 spiro atoms. The normalized spacial score (nSPS) is 11.7. The molecule has 0 bridgehead atoms. The van der Waals surface area contributed by atoms with Gasteiger partial charge >= 0.3 is 6.18 Å². The van der Waals surface area contributed by atoms with Crippen molar-refractivity contribution in [3.05, 3.63) is 89.6 Å². The van der Waals surface area contributed by atoms with E-state index < -0.39 is 17.6 Å². The lowest BCUT2D eigenvalue weighted by Crippen LogP contribution is -2.23. The summed E-state index contributed by atoms with van der Waals surface area (Å²) in [5, 5.41) is 11.1. The molecule has 1 N–H and O–H groups in total. The molecule has 0 aliphatic carbocycles. The highest BCUT2D eigenvalue weighted by molar-refractivity contribution is 6.07. The van der Waals surface area contributed by atoms with Gasteiger partial charge in [-0.1, -0.05) is 35.5 Å². The van der Waals surface area contributed by atoms with E-state index in [4.69, 9.17) is 4.52 Å². The number of hydrogen-bond donors (Lipinski definition) is 1. The second-order valence-corrected chi connectivity index (χ2v) is 7.74. The minimum absolute atomic E-state index is 0.0145. The first-order valence-corrected chi connectivity index (χ1v) is 10.5. The number of carbonyl (C=O) groups is 1. The quantitative estimate of drug-likeness (QED) is 0.392. The van der Waals surface area contributed by atoms with Crippen molar-refractivity contribution < 1.29 is 22.5 Å². The van der Waals surface area contributed by atoms with Crippen LogP contribution >= 0.6 is 0 Å². The molecule has 0 radical (unpaired) electrons. The summed E-state index contributed by atoms with van der Waals surface area (Å²) in [5.41, 5.74) is 1.09. The molecule has 0 saturated carbocycles. The third-order valence-electron chi connectivity index (χ3n) is 5.44. The number of rotatable bonds is 5. The van der Waals surface area contributed by atoms with Gasteiger partial charge in [-0.2, -0.15) is 18.3 Å². The molecule has 0 unspecified atom stereocenters. The van der Waals surface area contributed by atoms with Gasteiger partial charge in [0.2, 0.25) is 0 Å². The van der Waals surface area contributed by atoms with Gasteiger partial charge in [-0.25, -0.2) is 14.6 Å². The third-order valence-corrected chi connectivity index (χ3v) is 5.44. The first kappa shape index (κ1) is 22.3. The molecule has 8 nitrogen and oxygen atoms in total. The van der Waals surface area contributed by atoms with Gasteiger partial charge in [-0.05, 0) is 36.8 Å². The number of aryl methyl sites for hydroxylation is 1. The maximum Gasteiger partial charge on any atom is 0.417 e. The van der Waals surface area contributed by atoms with Gasteiger partial charge in [0, 0.05) is 12.1 Å². The number of fused-ring (bicyclic) bond motifs is 1. The number of halogens is 3. The number of nitrogens with zero attached hydrogens (tertiary/aromatic N) is 5. The van der Waals surface area contributed by atoms with E-state index >= 15 is 0 Å². The maximum absolute atomic E-state index is 13.6. The minimum Gasteiger partial charge on any atom is -0.348 e. The Hall–Kier alpha value is -4.54. The Labute approximate surface area is 196 Å². The maximum atomic E-state index is 13.6. The lowest BCUT2D eigenvalue weighted by molar-refractivity contribution is -0.137. The summed E-state index contributed by atoms with van der Waals surface area (Å²) >= 11 is 0. The molecular formula is C24H17F3N6O2. The van der Waals surface area contributed by atoms with Crippen molar-refractivity contribution in [3.63, 3.8) is 0 Å². The molecule has 3 aromatic heterocycles. The third kappa shape index (κ3) is 4.35. The SMILES string of the molecule is Cc1noc2nc(-c3ccccc3C(F)(F)F)cc(C(=O)NCc3ccc(-n4cncn4)cc3)c12. The van der Waals surface area contributed by atoms with Gasteiger partial charge < -0.3 is 9.84 Å². The summed E-state index contributed by atoms with van der Waals surface area (Å²) in [7, 11) is 0. The van der Waals surface area contributed by atoms with E-state index in [9.17, 15) is 18.0 Å². The summed E-state index contributed by atoms with van der Waals surface area (Å²) in [6, 6.07) is 13.7. The molecule has 3 heterocycles. The van der Waals surface area contributed by atoms with Crippen LogP contribution in [0.3, 0.4) is 0 Å². The molecule has 0 fully saturated rings. The zero-order chi connectivity index (χ0) is 24.6. The number of carbonyl (C=O) groups excluding carboxylic acids is 1. The number of benzene rings is 2. The van der Waals surface area contributed by atoms with Crippen LogP contribution in [-0.2, 0) is 12.7 Å². The van der Waals surface area contributed by atoms with Crippen molar-refractivity contribution in [1.82, 2.24) is 30.2 Å². The largest absolute Gasteiger partial charge is 0.417 e. The van der Waals surface area contributed by atoms with E-state index in [1.54, 1.807) is 17.9 Å². The molecule has 35 heavy (non-hydrogen) atoms. The predicted octanol–water partition coefficient (Wildman–Crippen LogP) is 4.73. The van der Waals surface area contributed by atoms with Crippen LogP contribution in [0.1, 0.15) is 27.2 Å². The summed E-state index contributed by atoms with van der Waals surface area (Å²) in [6.45, 7) is 1.83. The van der Waals surface area contributed by atoms with Gasteiger partial charge in [-0.3, -0.25) is 4.79 Å². The van der Waals surface area contributed by atoms with Crippen LogP contribution in [0.25, 0.3) is 28.0 Å². The fourth-order valence-electron chi connectivity index (χ4n) is 3.75. The second kappa shape index (κ2) is 8.67. The van der Waals surface area contributed by atoms with E-state index in [0.29, 0.717) is 11.1 Å². The zero-order valence-electron chi connectivity index (χ0n) is 18.2. The lowest BCUT2D eigenvalue weighted by Gasteiger charge is -2.13. The Morgan fingerprint density at radius 1 is 1.11 bits per heavy atom. The van der Waals surface area contributed by atoms with Gasteiger partial charge in [0.25, 0.3) is 11.6 Å². The lowest BCUT2D eigenvalue weighted by atomic mass is 10.0. The molecule has 0 aliphatic heterocycles. The second-order valence-electron chi connectivity index (χ2n) is 7.74. The molecule has 5 rings (SSSR count). The topological polar surface area (TPSA) is 98.7 Å². The van der Waals surface area contributed by atoms with Crippen molar-refractivity contribution in [3.8, 4) is 16.9 Å². The minimum atomic E-state index is -4.59. The van der Waals surface area contributed by atoms with Crippen molar-refractivity contribution in [2.75, 3.05) is 0 Å². The van der Waals surface area contributed by atoms with Crippen molar-refractivity contribution in [2.24, 2.45) is 0 Å². The highest BCUT2D eigenvalue weighted by Crippen LogP contribution is 2.37. The van der Waals surface area contributed by atoms with E-state index in [1.807, 2.05) is 24.3 Å². The number of hydrogen-bond acceptors (Lipinski definition) is 6. The van der Waals surface area contributed by atoms with Crippen LogP contribution in [0.4, 0.5) is 13.2 Å². The molecule has 11 heteroatoms. The monoisotopic (exact) mass is 478 g/mol. The van der Waals surface area contributed by atoms with Crippen LogP contribution < -0.4 is 5.32 Å². The van der Waals surface area contributed by atoms with Crippen LogP contribution in [0.5, 0.6) is 0 Å². The number of pyridine rings is 1. The Morgan fingerprint density at radius 2 is 1.89 bits per heavy atom. The Bertz CT molecular complexity index is 1510. The summed E-state index contributed by atoms with van der Waals surface area (Å²) in [4.78, 5) is 21.3. The number of nitrogens with one attached hydrogen (secondary N) is 1. The van der Waals surface area contributed by atoms with Crippen molar-refractivity contribution in [2.45, 2.75) is 19.6 Å². The summed E-state index contributed by atoms with van der Waals surface area (Å²) < 4.78 is 47.6. The number of alkyl halides is 3. The predicted molar refractivity (Wildman–Crippen MR) is 120 cm³/mol. The molecule has 2 aromatic carbocycles. The van der Waals surface area contributed by atoms with Gasteiger partial charge in [0.15, 0.2) is 0 Å². The first-order valence-electron chi connectivity index (χ1n) is 10.5. The molecular weight excluding hydrogens is 461 g/mol. The number of amides is 1. The summed E-state index contributed by atoms with van der Waals surface area (Å²) in [6.07, 6.45) is -1.59. The van der Waals surface area contributed by atoms with E-state index in [0.717, 1.165) is 17.3 Å². The zero-order valence-corrected chi connectivity index (χ0v) is 18.2. The van der Waals surface area contributed by atoms with Gasteiger partial charge in [-0.15, -0.1) is 0 Å². The molecule has 0 atom stereocenters. The van der Waals surface area contributed by atoms with Crippen LogP contribution in [-0.4, -0.2) is 30.8 Å². The first-order chi connectivity index (χ1) is 16.8. The van der Waals surface area contributed by atoms with Crippen molar-refractivity contribution >= 4 is 17.0 Å². The highest BCUT2D eigenvalue weighted by atomic mass is 19.4. The van der Waals surface area contributed by atoms with Crippen LogP contribution in [0.15, 0.2) is 71.8 Å². The molecule has 0 saturated heterocycles. The molecule has 176 valence electrons. The Morgan fingerprint density at radius 3 is 2.60 bits per heavy atom. The Balaban J connectivity index is 1.46. The van der Waals surface area contributed by atoms with Crippen molar-refractivity contribution in [1.29, 1.82) is 0 Å². The fourth-order valence-corrected chi connectivity index (χ4v) is 3.75. The van der Waals surface area contributed by atoms with Gasteiger partial charge in [0.05, 0.1) is 33.6 Å². The summed E-state index contributed by atoms with van der Waals surface area (Å²) in [5.74, 6) is -0.491. The average Bonchev–Trinajstić information content (AvgIpc) is 3.52. The van der Waals surface area contributed by atoms with E-state index in [-0.39, 0.29) is 29.1 Å². The van der Waals surface area contributed by atoms with E-state index in [1.165, 1.54) is 30.6 Å². The Kier molecular flexibility index (Phi) is 5.51. The smallest absolute Gasteiger partial charge is 0.348 e. The fraction of sp³-hybridized carbons (Fsp3) is 0.125. The molecule has 5 aromatic rings. The molecule has 1 amide bonds. The van der Waals surface area contributed by atoms with Crippen LogP contribution in [0.2, 0.25) is 0 Å². The van der Waals surface area contributed by atoms with E-state index in [2.05, 4.69) is 25.5 Å². The standard InChI is InChI=1S/C24H17F3N6O2/c1-14-21-18(22(34)29-11-15-6-8-16(9-7-15)33-13-28-12-30-33)10-20(31-23(21)35-32-14)17-4-2-3-5-19(17)24(25,26)27/h2-10,12-13H,11H2,1H3,(H,29,34). The average molecular weight is 478 g/mol. The van der Waals surface area contributed by atoms with Crippen LogP contribution in [0, 0.1) is 6.92 Å².